The van der Waals surface area contributed by atoms with E-state index in [4.69, 9.17) is 4.74 Å². The molecule has 1 aromatic heterocycles. The summed E-state index contributed by atoms with van der Waals surface area (Å²) in [6.07, 6.45) is -0.205. The van der Waals surface area contributed by atoms with Gasteiger partial charge in [-0.1, -0.05) is 0 Å². The van der Waals surface area contributed by atoms with Crippen molar-refractivity contribution >= 4 is 27.7 Å². The number of carbonyl (C=O) groups is 2. The molecule has 0 amide bonds. The predicted molar refractivity (Wildman–Crippen MR) is 65.7 cm³/mol. The molecule has 17 heavy (non-hydrogen) atoms. The average molecular weight is 303 g/mol. The zero-order valence-corrected chi connectivity index (χ0v) is 11.7. The number of halogens is 1. The van der Waals surface area contributed by atoms with Gasteiger partial charge in [-0.25, -0.2) is 0 Å². The fourth-order valence-corrected chi connectivity index (χ4v) is 1.71. The Hall–Kier alpha value is -1.17. The standard InChI is InChI=1S/C11H15BrN2O3/c1-4-17-10(16)5-9(15)6-14-8(3)11(12)7(2)13-14/h4-6H2,1-3H3. The van der Waals surface area contributed by atoms with Gasteiger partial charge in [0.2, 0.25) is 0 Å². The van der Waals surface area contributed by atoms with Gasteiger partial charge in [-0.3, -0.25) is 14.3 Å². The summed E-state index contributed by atoms with van der Waals surface area (Å²) in [4.78, 5) is 22.7. The van der Waals surface area contributed by atoms with Crippen molar-refractivity contribution in [2.45, 2.75) is 33.7 Å². The monoisotopic (exact) mass is 302 g/mol. The van der Waals surface area contributed by atoms with Crippen LogP contribution in [0.4, 0.5) is 0 Å². The molecule has 0 aliphatic heterocycles. The number of hydrogen-bond donors (Lipinski definition) is 0. The molecule has 0 aliphatic rings. The molecule has 0 saturated heterocycles. The summed E-state index contributed by atoms with van der Waals surface area (Å²) < 4.78 is 7.19. The maximum Gasteiger partial charge on any atom is 0.313 e. The van der Waals surface area contributed by atoms with Gasteiger partial charge in [0, 0.05) is 0 Å². The second kappa shape index (κ2) is 5.95. The molecular weight excluding hydrogens is 288 g/mol. The van der Waals surface area contributed by atoms with E-state index in [1.54, 1.807) is 11.6 Å². The Morgan fingerprint density at radius 3 is 2.53 bits per heavy atom. The van der Waals surface area contributed by atoms with Gasteiger partial charge in [0.25, 0.3) is 0 Å². The number of hydrogen-bond acceptors (Lipinski definition) is 4. The van der Waals surface area contributed by atoms with E-state index in [0.717, 1.165) is 15.9 Å². The number of rotatable bonds is 5. The first-order valence-electron chi connectivity index (χ1n) is 5.32. The van der Waals surface area contributed by atoms with Crippen LogP contribution in [-0.2, 0) is 20.9 Å². The van der Waals surface area contributed by atoms with E-state index < -0.39 is 5.97 Å². The molecule has 1 heterocycles. The fourth-order valence-electron chi connectivity index (χ4n) is 1.42. The summed E-state index contributed by atoms with van der Waals surface area (Å²) in [5.74, 6) is -0.695. The molecule has 0 atom stereocenters. The number of nitrogens with zero attached hydrogens (tertiary/aromatic N) is 2. The molecule has 0 aromatic carbocycles. The maximum absolute atomic E-state index is 11.6. The van der Waals surface area contributed by atoms with Crippen molar-refractivity contribution in [3.05, 3.63) is 15.9 Å². The molecule has 0 spiro atoms. The normalized spacial score (nSPS) is 10.4. The highest BCUT2D eigenvalue weighted by Gasteiger charge is 2.14. The third kappa shape index (κ3) is 3.66. The number of carbonyl (C=O) groups excluding carboxylic acids is 2. The zero-order valence-electron chi connectivity index (χ0n) is 10.1. The van der Waals surface area contributed by atoms with Crippen LogP contribution in [0.25, 0.3) is 0 Å². The maximum atomic E-state index is 11.6. The molecule has 94 valence electrons. The van der Waals surface area contributed by atoms with Gasteiger partial charge in [-0.2, -0.15) is 5.10 Å². The average Bonchev–Trinajstić information content (AvgIpc) is 2.46. The largest absolute Gasteiger partial charge is 0.466 e. The molecule has 0 aliphatic carbocycles. The first-order chi connectivity index (χ1) is 7.95. The summed E-state index contributed by atoms with van der Waals surface area (Å²) in [6, 6.07) is 0. The van der Waals surface area contributed by atoms with Gasteiger partial charge in [0.1, 0.15) is 13.0 Å². The van der Waals surface area contributed by atoms with Crippen LogP contribution in [0, 0.1) is 13.8 Å². The van der Waals surface area contributed by atoms with Crippen molar-refractivity contribution in [2.75, 3.05) is 6.61 Å². The third-order valence-electron chi connectivity index (χ3n) is 2.27. The molecule has 0 bridgehead atoms. The van der Waals surface area contributed by atoms with Crippen LogP contribution in [0.5, 0.6) is 0 Å². The molecule has 6 heteroatoms. The second-order valence-corrected chi connectivity index (χ2v) is 4.46. The molecular formula is C11H15BrN2O3. The minimum absolute atomic E-state index is 0.0943. The number of aromatic nitrogens is 2. The summed E-state index contributed by atoms with van der Waals surface area (Å²) in [5, 5.41) is 4.20. The van der Waals surface area contributed by atoms with E-state index in [1.165, 1.54) is 0 Å². The first kappa shape index (κ1) is 13.9. The van der Waals surface area contributed by atoms with Gasteiger partial charge in [-0.15, -0.1) is 0 Å². The lowest BCUT2D eigenvalue weighted by atomic mass is 10.3. The minimum atomic E-state index is -0.488. The second-order valence-electron chi connectivity index (χ2n) is 3.66. The topological polar surface area (TPSA) is 61.2 Å². The number of aryl methyl sites for hydroxylation is 1. The predicted octanol–water partition coefficient (Wildman–Crippen LogP) is 1.78. The lowest BCUT2D eigenvalue weighted by Gasteiger charge is -2.03. The lowest BCUT2D eigenvalue weighted by Crippen LogP contribution is -2.17. The Kier molecular flexibility index (Phi) is 4.86. The van der Waals surface area contributed by atoms with Gasteiger partial charge in [0.15, 0.2) is 5.78 Å². The van der Waals surface area contributed by atoms with Crippen molar-refractivity contribution in [2.24, 2.45) is 0 Å². The van der Waals surface area contributed by atoms with Gasteiger partial charge >= 0.3 is 5.97 Å². The van der Waals surface area contributed by atoms with Crippen LogP contribution >= 0.6 is 15.9 Å². The molecule has 0 fully saturated rings. The zero-order chi connectivity index (χ0) is 13.0. The Balaban J connectivity index is 2.62. The van der Waals surface area contributed by atoms with Crippen molar-refractivity contribution in [3.63, 3.8) is 0 Å². The van der Waals surface area contributed by atoms with E-state index in [1.807, 2.05) is 13.8 Å². The highest BCUT2D eigenvalue weighted by molar-refractivity contribution is 9.10. The molecule has 0 radical (unpaired) electrons. The Morgan fingerprint density at radius 1 is 1.41 bits per heavy atom. The molecule has 1 rings (SSSR count). The third-order valence-corrected chi connectivity index (χ3v) is 3.41. The quantitative estimate of drug-likeness (QED) is 0.614. The molecule has 1 aromatic rings. The Morgan fingerprint density at radius 2 is 2.06 bits per heavy atom. The minimum Gasteiger partial charge on any atom is -0.466 e. The van der Waals surface area contributed by atoms with Crippen LogP contribution in [0.2, 0.25) is 0 Å². The summed E-state index contributed by atoms with van der Waals surface area (Å²) >= 11 is 3.38. The van der Waals surface area contributed by atoms with Crippen LogP contribution in [0.1, 0.15) is 24.7 Å². The summed E-state index contributed by atoms with van der Waals surface area (Å²) in [6.45, 7) is 5.81. The van der Waals surface area contributed by atoms with Crippen molar-refractivity contribution in [1.29, 1.82) is 0 Å². The number of ketones is 1. The smallest absolute Gasteiger partial charge is 0.313 e. The molecule has 0 saturated carbocycles. The number of ether oxygens (including phenoxy) is 1. The summed E-state index contributed by atoms with van der Waals surface area (Å²) in [7, 11) is 0. The van der Waals surface area contributed by atoms with E-state index in [-0.39, 0.29) is 25.4 Å². The molecule has 0 N–H and O–H groups in total. The van der Waals surface area contributed by atoms with Crippen molar-refractivity contribution in [3.8, 4) is 0 Å². The van der Waals surface area contributed by atoms with Gasteiger partial charge < -0.3 is 4.74 Å². The SMILES string of the molecule is CCOC(=O)CC(=O)Cn1nc(C)c(Br)c1C. The first-order valence-corrected chi connectivity index (χ1v) is 6.11. The number of esters is 1. The van der Waals surface area contributed by atoms with Gasteiger partial charge in [0.05, 0.1) is 22.5 Å². The Labute approximate surface area is 108 Å². The molecule has 5 nitrogen and oxygen atoms in total. The van der Waals surface area contributed by atoms with Crippen LogP contribution in [0.3, 0.4) is 0 Å². The van der Waals surface area contributed by atoms with Crippen molar-refractivity contribution < 1.29 is 14.3 Å². The summed E-state index contributed by atoms with van der Waals surface area (Å²) in [5.41, 5.74) is 1.70. The van der Waals surface area contributed by atoms with Crippen LogP contribution in [-0.4, -0.2) is 28.1 Å². The van der Waals surface area contributed by atoms with Crippen LogP contribution in [0.15, 0.2) is 4.47 Å². The van der Waals surface area contributed by atoms with E-state index in [9.17, 15) is 9.59 Å². The fraction of sp³-hybridized carbons (Fsp3) is 0.545. The van der Waals surface area contributed by atoms with E-state index >= 15 is 0 Å². The lowest BCUT2D eigenvalue weighted by molar-refractivity contribution is -0.145. The van der Waals surface area contributed by atoms with Gasteiger partial charge in [-0.05, 0) is 36.7 Å². The van der Waals surface area contributed by atoms with E-state index in [0.29, 0.717) is 0 Å². The molecule has 0 unspecified atom stereocenters. The number of Topliss-reactive ketones (excluding diaryl/α,β-unsaturated/α-hetero) is 1. The van der Waals surface area contributed by atoms with Crippen LogP contribution < -0.4 is 0 Å². The Bertz CT molecular complexity index is 440. The highest BCUT2D eigenvalue weighted by Crippen LogP contribution is 2.19. The highest BCUT2D eigenvalue weighted by atomic mass is 79.9. The van der Waals surface area contributed by atoms with Crippen molar-refractivity contribution in [1.82, 2.24) is 9.78 Å². The van der Waals surface area contributed by atoms with E-state index in [2.05, 4.69) is 21.0 Å².